The third-order valence-corrected chi connectivity index (χ3v) is 4.77. The fraction of sp³-hybridized carbons (Fsp3) is 0.643. The molecule has 0 bridgehead atoms. The highest BCUT2D eigenvalue weighted by molar-refractivity contribution is 5.44. The summed E-state index contributed by atoms with van der Waals surface area (Å²) >= 11 is 0. The lowest BCUT2D eigenvalue weighted by Gasteiger charge is -2.49. The Kier molecular flexibility index (Phi) is 3.26. The summed E-state index contributed by atoms with van der Waals surface area (Å²) in [6.07, 6.45) is -2.98. The van der Waals surface area contributed by atoms with Crippen LogP contribution in [0.15, 0.2) is 6.07 Å². The van der Waals surface area contributed by atoms with Crippen molar-refractivity contribution in [2.24, 2.45) is 0 Å². The number of nitrogens with zero attached hydrogens (tertiary/aromatic N) is 3. The molecule has 0 saturated carbocycles. The van der Waals surface area contributed by atoms with Crippen molar-refractivity contribution in [2.75, 3.05) is 26.7 Å². The topological polar surface area (TPSA) is 44.0 Å². The number of hydrogen-bond acceptors (Lipinski definition) is 3. The van der Waals surface area contributed by atoms with Crippen LogP contribution in [0.4, 0.5) is 13.2 Å². The molecular weight excluding hydrogens is 281 g/mol. The average Bonchev–Trinajstić information content (AvgIpc) is 2.84. The van der Waals surface area contributed by atoms with Crippen LogP contribution in [0.1, 0.15) is 29.8 Å². The number of halogens is 3. The minimum Gasteiger partial charge on any atom is -0.337 e. The lowest BCUT2D eigenvalue weighted by atomic mass is 9.80. The standard InChI is InChI=1S/C14H17F3N4/c1-20-6-7-21-11(14(15,16)17)8-10(9-18)12(21)13(20)2-4-19-5-3-13/h8,19H,2-7H2,1H3. The van der Waals surface area contributed by atoms with Crippen molar-refractivity contribution in [1.82, 2.24) is 14.8 Å². The Balaban J connectivity index is 2.22. The van der Waals surface area contributed by atoms with Crippen molar-refractivity contribution < 1.29 is 13.2 Å². The molecule has 3 heterocycles. The lowest BCUT2D eigenvalue weighted by Crippen LogP contribution is -2.55. The van der Waals surface area contributed by atoms with E-state index in [0.29, 0.717) is 12.2 Å². The maximum atomic E-state index is 13.2. The van der Waals surface area contributed by atoms with Gasteiger partial charge < -0.3 is 9.88 Å². The number of rotatable bonds is 0. The predicted octanol–water partition coefficient (Wildman–Crippen LogP) is 1.90. The molecule has 21 heavy (non-hydrogen) atoms. The van der Waals surface area contributed by atoms with Gasteiger partial charge in [-0.05, 0) is 39.0 Å². The summed E-state index contributed by atoms with van der Waals surface area (Å²) in [7, 11) is 1.94. The second-order valence-electron chi connectivity index (χ2n) is 5.76. The summed E-state index contributed by atoms with van der Waals surface area (Å²) in [5.41, 5.74) is -0.443. The molecular formula is C14H17F3N4. The summed E-state index contributed by atoms with van der Waals surface area (Å²) in [6.45, 7) is 2.34. The van der Waals surface area contributed by atoms with Gasteiger partial charge in [0, 0.05) is 13.1 Å². The van der Waals surface area contributed by atoms with Gasteiger partial charge in [0.15, 0.2) is 0 Å². The minimum atomic E-state index is -4.42. The molecule has 1 aromatic heterocycles. The van der Waals surface area contributed by atoms with Crippen molar-refractivity contribution in [1.29, 1.82) is 5.26 Å². The van der Waals surface area contributed by atoms with Gasteiger partial charge in [-0.3, -0.25) is 4.90 Å². The molecule has 1 aromatic rings. The number of nitrogens with one attached hydrogen (secondary N) is 1. The molecule has 1 spiro atoms. The first-order valence-electron chi connectivity index (χ1n) is 7.03. The molecule has 0 aromatic carbocycles. The Morgan fingerprint density at radius 1 is 1.29 bits per heavy atom. The molecule has 1 fully saturated rings. The van der Waals surface area contributed by atoms with E-state index in [1.807, 2.05) is 13.1 Å². The van der Waals surface area contributed by atoms with E-state index in [0.717, 1.165) is 32.0 Å². The summed E-state index contributed by atoms with van der Waals surface area (Å²) < 4.78 is 41.0. The first-order valence-corrected chi connectivity index (χ1v) is 7.03. The zero-order valence-electron chi connectivity index (χ0n) is 11.8. The maximum absolute atomic E-state index is 13.2. The first-order chi connectivity index (χ1) is 9.90. The van der Waals surface area contributed by atoms with Crippen LogP contribution in [0, 0.1) is 11.3 Å². The minimum absolute atomic E-state index is 0.163. The van der Waals surface area contributed by atoms with E-state index in [2.05, 4.69) is 10.2 Å². The second kappa shape index (κ2) is 4.75. The zero-order chi connectivity index (χ0) is 15.3. The summed E-state index contributed by atoms with van der Waals surface area (Å²) in [6, 6.07) is 2.98. The molecule has 4 nitrogen and oxygen atoms in total. The van der Waals surface area contributed by atoms with Crippen LogP contribution in [0.3, 0.4) is 0 Å². The van der Waals surface area contributed by atoms with E-state index in [-0.39, 0.29) is 12.1 Å². The number of hydrogen-bond donors (Lipinski definition) is 1. The highest BCUT2D eigenvalue weighted by Crippen LogP contribution is 2.44. The van der Waals surface area contributed by atoms with Crippen LogP contribution in [0.5, 0.6) is 0 Å². The smallest absolute Gasteiger partial charge is 0.337 e. The van der Waals surface area contributed by atoms with Crippen LogP contribution in [0.25, 0.3) is 0 Å². The zero-order valence-corrected chi connectivity index (χ0v) is 11.8. The third-order valence-electron chi connectivity index (χ3n) is 4.77. The van der Waals surface area contributed by atoms with Gasteiger partial charge in [0.1, 0.15) is 11.8 Å². The molecule has 0 radical (unpaired) electrons. The molecule has 2 aliphatic rings. The largest absolute Gasteiger partial charge is 0.431 e. The number of nitriles is 1. The Hall–Kier alpha value is -1.52. The average molecular weight is 298 g/mol. The number of alkyl halides is 3. The number of aromatic nitrogens is 1. The molecule has 0 unspecified atom stereocenters. The molecule has 0 aliphatic carbocycles. The van der Waals surface area contributed by atoms with E-state index in [1.165, 1.54) is 4.57 Å². The Morgan fingerprint density at radius 3 is 2.52 bits per heavy atom. The third kappa shape index (κ3) is 2.05. The Labute approximate surface area is 121 Å². The molecule has 1 N–H and O–H groups in total. The van der Waals surface area contributed by atoms with E-state index in [1.54, 1.807) is 0 Å². The summed E-state index contributed by atoms with van der Waals surface area (Å²) in [5.74, 6) is 0. The van der Waals surface area contributed by atoms with Crippen molar-refractivity contribution in [3.63, 3.8) is 0 Å². The monoisotopic (exact) mass is 298 g/mol. The van der Waals surface area contributed by atoms with Gasteiger partial charge in [-0.2, -0.15) is 18.4 Å². The van der Waals surface area contributed by atoms with Gasteiger partial charge in [0.2, 0.25) is 0 Å². The first kappa shape index (κ1) is 14.4. The van der Waals surface area contributed by atoms with Crippen LogP contribution in [-0.2, 0) is 18.3 Å². The van der Waals surface area contributed by atoms with E-state index in [9.17, 15) is 18.4 Å². The fourth-order valence-electron chi connectivity index (χ4n) is 3.71. The van der Waals surface area contributed by atoms with Crippen LogP contribution in [-0.4, -0.2) is 36.1 Å². The van der Waals surface area contributed by atoms with E-state index >= 15 is 0 Å². The SMILES string of the molecule is CN1CCn2c(C(F)(F)F)cc(C#N)c2C12CCNCC2. The molecule has 7 heteroatoms. The van der Waals surface area contributed by atoms with Crippen LogP contribution < -0.4 is 5.32 Å². The van der Waals surface area contributed by atoms with Crippen molar-refractivity contribution >= 4 is 0 Å². The van der Waals surface area contributed by atoms with Gasteiger partial charge in [-0.15, -0.1) is 0 Å². The summed E-state index contributed by atoms with van der Waals surface area (Å²) in [5, 5.41) is 12.5. The van der Waals surface area contributed by atoms with Crippen molar-refractivity contribution in [3.8, 4) is 6.07 Å². The second-order valence-corrected chi connectivity index (χ2v) is 5.76. The van der Waals surface area contributed by atoms with Gasteiger partial charge in [0.05, 0.1) is 16.8 Å². The number of likely N-dealkylation sites (N-methyl/N-ethyl adjacent to an activating group) is 1. The molecule has 114 valence electrons. The number of fused-ring (bicyclic) bond motifs is 2. The molecule has 0 atom stereocenters. The molecule has 1 saturated heterocycles. The Bertz CT molecular complexity index is 591. The van der Waals surface area contributed by atoms with Crippen LogP contribution >= 0.6 is 0 Å². The molecule has 0 amide bonds. The van der Waals surface area contributed by atoms with Crippen molar-refractivity contribution in [2.45, 2.75) is 31.1 Å². The van der Waals surface area contributed by atoms with Gasteiger partial charge >= 0.3 is 6.18 Å². The maximum Gasteiger partial charge on any atom is 0.431 e. The fourth-order valence-corrected chi connectivity index (χ4v) is 3.71. The highest BCUT2D eigenvalue weighted by Gasteiger charge is 2.48. The number of piperidine rings is 1. The predicted molar refractivity (Wildman–Crippen MR) is 70.6 cm³/mol. The van der Waals surface area contributed by atoms with Gasteiger partial charge in [-0.25, -0.2) is 0 Å². The van der Waals surface area contributed by atoms with Crippen LogP contribution in [0.2, 0.25) is 0 Å². The van der Waals surface area contributed by atoms with Gasteiger partial charge in [-0.1, -0.05) is 0 Å². The quantitative estimate of drug-likeness (QED) is 0.795. The van der Waals surface area contributed by atoms with Crippen molar-refractivity contribution in [3.05, 3.63) is 23.0 Å². The summed E-state index contributed by atoms with van der Waals surface area (Å²) in [4.78, 5) is 2.12. The van der Waals surface area contributed by atoms with E-state index in [4.69, 9.17) is 0 Å². The van der Waals surface area contributed by atoms with Gasteiger partial charge in [0.25, 0.3) is 0 Å². The lowest BCUT2D eigenvalue weighted by molar-refractivity contribution is -0.144. The highest BCUT2D eigenvalue weighted by atomic mass is 19.4. The molecule has 2 aliphatic heterocycles. The normalized spacial score (nSPS) is 22.0. The Morgan fingerprint density at radius 2 is 1.95 bits per heavy atom. The molecule has 3 rings (SSSR count). The van der Waals surface area contributed by atoms with E-state index < -0.39 is 17.4 Å².